The summed E-state index contributed by atoms with van der Waals surface area (Å²) in [7, 11) is 0. The molecular formula is C16H12Cl4N2O3. The van der Waals surface area contributed by atoms with Crippen molar-refractivity contribution in [3.05, 3.63) is 62.1 Å². The lowest BCUT2D eigenvalue weighted by Gasteiger charge is -2.16. The van der Waals surface area contributed by atoms with Crippen molar-refractivity contribution in [1.29, 1.82) is 0 Å². The van der Waals surface area contributed by atoms with Gasteiger partial charge in [0.15, 0.2) is 6.10 Å². The van der Waals surface area contributed by atoms with Crippen LogP contribution in [0, 0.1) is 0 Å². The third-order valence-electron chi connectivity index (χ3n) is 3.04. The SMILES string of the molecule is CC(Oc1ccc(Cl)cc1Cl)C(=O)NNC(=O)c1ccc(Cl)cc1Cl. The molecule has 0 aliphatic carbocycles. The van der Waals surface area contributed by atoms with Crippen molar-refractivity contribution in [2.75, 3.05) is 0 Å². The first-order chi connectivity index (χ1) is 11.8. The quantitative estimate of drug-likeness (QED) is 0.712. The van der Waals surface area contributed by atoms with Crippen molar-refractivity contribution in [2.24, 2.45) is 0 Å². The Labute approximate surface area is 164 Å². The zero-order valence-corrected chi connectivity index (χ0v) is 15.8. The average Bonchev–Trinajstić information content (AvgIpc) is 2.54. The number of hydrogen-bond acceptors (Lipinski definition) is 3. The molecule has 0 bridgehead atoms. The van der Waals surface area contributed by atoms with Crippen LogP contribution in [0.5, 0.6) is 5.75 Å². The summed E-state index contributed by atoms with van der Waals surface area (Å²) < 4.78 is 5.44. The van der Waals surface area contributed by atoms with Gasteiger partial charge in [-0.1, -0.05) is 46.4 Å². The van der Waals surface area contributed by atoms with E-state index in [1.165, 1.54) is 31.2 Å². The van der Waals surface area contributed by atoms with Crippen LogP contribution in [0.15, 0.2) is 36.4 Å². The van der Waals surface area contributed by atoms with Crippen LogP contribution in [0.1, 0.15) is 17.3 Å². The minimum Gasteiger partial charge on any atom is -0.479 e. The zero-order valence-electron chi connectivity index (χ0n) is 12.8. The second-order valence-electron chi connectivity index (χ2n) is 4.90. The van der Waals surface area contributed by atoms with E-state index in [0.717, 1.165) is 0 Å². The maximum absolute atomic E-state index is 12.0. The van der Waals surface area contributed by atoms with Gasteiger partial charge in [-0.2, -0.15) is 0 Å². The summed E-state index contributed by atoms with van der Waals surface area (Å²) >= 11 is 23.5. The third kappa shape index (κ3) is 5.41. The van der Waals surface area contributed by atoms with E-state index in [9.17, 15) is 9.59 Å². The summed E-state index contributed by atoms with van der Waals surface area (Å²) in [5, 5.41) is 1.27. The monoisotopic (exact) mass is 420 g/mol. The lowest BCUT2D eigenvalue weighted by molar-refractivity contribution is -0.128. The van der Waals surface area contributed by atoms with Gasteiger partial charge in [0.1, 0.15) is 5.75 Å². The van der Waals surface area contributed by atoms with Gasteiger partial charge >= 0.3 is 0 Å². The Kier molecular flexibility index (Phi) is 6.79. The number of carbonyl (C=O) groups excluding carboxylic acids is 2. The molecule has 5 nitrogen and oxygen atoms in total. The molecule has 0 saturated heterocycles. The molecule has 2 rings (SSSR count). The lowest BCUT2D eigenvalue weighted by atomic mass is 10.2. The minimum atomic E-state index is -0.917. The normalized spacial score (nSPS) is 11.6. The van der Waals surface area contributed by atoms with Crippen LogP contribution in [-0.4, -0.2) is 17.9 Å². The third-order valence-corrected chi connectivity index (χ3v) is 4.12. The van der Waals surface area contributed by atoms with Crippen LogP contribution >= 0.6 is 46.4 Å². The first-order valence-electron chi connectivity index (χ1n) is 6.95. The molecule has 0 radical (unpaired) electrons. The van der Waals surface area contributed by atoms with Gasteiger partial charge in [0, 0.05) is 10.0 Å². The van der Waals surface area contributed by atoms with E-state index in [-0.39, 0.29) is 15.6 Å². The number of halogens is 4. The first-order valence-corrected chi connectivity index (χ1v) is 8.46. The van der Waals surface area contributed by atoms with Crippen molar-refractivity contribution in [3.8, 4) is 5.75 Å². The molecule has 0 fully saturated rings. The van der Waals surface area contributed by atoms with E-state index in [1.807, 2.05) is 0 Å². The van der Waals surface area contributed by atoms with Crippen LogP contribution in [0.25, 0.3) is 0 Å². The number of ether oxygens (including phenoxy) is 1. The maximum atomic E-state index is 12.0. The number of hydrazine groups is 1. The summed E-state index contributed by atoms with van der Waals surface area (Å²) in [6.45, 7) is 1.50. The van der Waals surface area contributed by atoms with Gasteiger partial charge in [-0.05, 0) is 43.3 Å². The number of hydrogen-bond donors (Lipinski definition) is 2. The Balaban J connectivity index is 1.93. The molecule has 132 valence electrons. The molecule has 2 N–H and O–H groups in total. The van der Waals surface area contributed by atoms with Crippen molar-refractivity contribution in [2.45, 2.75) is 13.0 Å². The van der Waals surface area contributed by atoms with E-state index in [1.54, 1.807) is 12.1 Å². The largest absolute Gasteiger partial charge is 0.479 e. The summed E-state index contributed by atoms with van der Waals surface area (Å²) in [5.41, 5.74) is 4.67. The summed E-state index contributed by atoms with van der Waals surface area (Å²) in [6.07, 6.45) is -0.917. The fraction of sp³-hybridized carbons (Fsp3) is 0.125. The number of benzene rings is 2. The first kappa shape index (κ1) is 19.7. The summed E-state index contributed by atoms with van der Waals surface area (Å²) in [4.78, 5) is 24.1. The van der Waals surface area contributed by atoms with Crippen LogP contribution in [0.3, 0.4) is 0 Å². The van der Waals surface area contributed by atoms with Crippen LogP contribution < -0.4 is 15.6 Å². The molecule has 0 aliphatic heterocycles. The maximum Gasteiger partial charge on any atom is 0.279 e. The standard InChI is InChI=1S/C16H12Cl4N2O3/c1-8(25-14-5-3-10(18)7-13(14)20)15(23)21-22-16(24)11-4-2-9(17)6-12(11)19/h2-8H,1H3,(H,21,23)(H,22,24). The van der Waals surface area contributed by atoms with E-state index in [4.69, 9.17) is 51.1 Å². The fourth-order valence-corrected chi connectivity index (χ4v) is 2.72. The molecule has 25 heavy (non-hydrogen) atoms. The van der Waals surface area contributed by atoms with Crippen LogP contribution in [-0.2, 0) is 4.79 Å². The van der Waals surface area contributed by atoms with Gasteiger partial charge in [-0.15, -0.1) is 0 Å². The molecule has 2 aromatic rings. The molecule has 2 amide bonds. The smallest absolute Gasteiger partial charge is 0.279 e. The molecule has 0 aliphatic rings. The Hall–Kier alpha value is -1.66. The van der Waals surface area contributed by atoms with Gasteiger partial charge in [0.25, 0.3) is 11.8 Å². The zero-order chi connectivity index (χ0) is 18.6. The van der Waals surface area contributed by atoms with Gasteiger partial charge < -0.3 is 4.74 Å². The molecule has 9 heteroatoms. The molecule has 1 unspecified atom stereocenters. The molecular weight excluding hydrogens is 410 g/mol. The molecule has 0 aromatic heterocycles. The van der Waals surface area contributed by atoms with E-state index >= 15 is 0 Å². The van der Waals surface area contributed by atoms with Crippen molar-refractivity contribution in [3.63, 3.8) is 0 Å². The molecule has 2 aromatic carbocycles. The number of nitrogens with one attached hydrogen (secondary N) is 2. The molecule has 0 heterocycles. The second kappa shape index (κ2) is 8.63. The number of amides is 2. The van der Waals surface area contributed by atoms with Gasteiger partial charge in [-0.3, -0.25) is 20.4 Å². The predicted molar refractivity (Wildman–Crippen MR) is 98.6 cm³/mol. The van der Waals surface area contributed by atoms with Gasteiger partial charge in [-0.25, -0.2) is 0 Å². The second-order valence-corrected chi connectivity index (χ2v) is 6.59. The summed E-state index contributed by atoms with van der Waals surface area (Å²) in [5.74, 6) is -0.878. The van der Waals surface area contributed by atoms with Crippen molar-refractivity contribution < 1.29 is 14.3 Å². The highest BCUT2D eigenvalue weighted by molar-refractivity contribution is 6.37. The fourth-order valence-electron chi connectivity index (χ4n) is 1.78. The van der Waals surface area contributed by atoms with Gasteiger partial charge in [0.05, 0.1) is 15.6 Å². The predicted octanol–water partition coefficient (Wildman–Crippen LogP) is 4.53. The average molecular weight is 422 g/mol. The summed E-state index contributed by atoms with van der Waals surface area (Å²) in [6, 6.07) is 9.00. The van der Waals surface area contributed by atoms with Crippen molar-refractivity contribution >= 4 is 58.2 Å². The highest BCUT2D eigenvalue weighted by atomic mass is 35.5. The molecule has 0 saturated carbocycles. The van der Waals surface area contributed by atoms with Crippen LogP contribution in [0.4, 0.5) is 0 Å². The number of carbonyl (C=O) groups is 2. The Morgan fingerprint density at radius 3 is 2.12 bits per heavy atom. The Bertz CT molecular complexity index is 814. The van der Waals surface area contributed by atoms with E-state index < -0.39 is 17.9 Å². The highest BCUT2D eigenvalue weighted by Crippen LogP contribution is 2.28. The van der Waals surface area contributed by atoms with Crippen LogP contribution in [0.2, 0.25) is 20.1 Å². The highest BCUT2D eigenvalue weighted by Gasteiger charge is 2.18. The van der Waals surface area contributed by atoms with Gasteiger partial charge in [0.2, 0.25) is 0 Å². The molecule has 1 atom stereocenters. The molecule has 0 spiro atoms. The minimum absolute atomic E-state index is 0.163. The van der Waals surface area contributed by atoms with E-state index in [2.05, 4.69) is 10.9 Å². The number of rotatable bonds is 4. The Morgan fingerprint density at radius 2 is 1.52 bits per heavy atom. The van der Waals surface area contributed by atoms with E-state index in [0.29, 0.717) is 15.8 Å². The topological polar surface area (TPSA) is 67.4 Å². The van der Waals surface area contributed by atoms with Crippen molar-refractivity contribution in [1.82, 2.24) is 10.9 Å². The lowest BCUT2D eigenvalue weighted by Crippen LogP contribution is -2.47. The Morgan fingerprint density at radius 1 is 0.920 bits per heavy atom.